The van der Waals surface area contributed by atoms with E-state index in [-0.39, 0.29) is 11.5 Å². The zero-order chi connectivity index (χ0) is 18.9. The summed E-state index contributed by atoms with van der Waals surface area (Å²) in [5.41, 5.74) is 1.88. The Balaban J connectivity index is 1.54. The second-order valence-corrected chi connectivity index (χ2v) is 8.32. The maximum Gasteiger partial charge on any atom is 0.185 e. The first-order valence-corrected chi connectivity index (χ1v) is 9.66. The topological polar surface area (TPSA) is 64.3 Å². The highest BCUT2D eigenvalue weighted by Gasteiger charge is 2.35. The van der Waals surface area contributed by atoms with Crippen molar-refractivity contribution in [2.45, 2.75) is 39.7 Å². The van der Waals surface area contributed by atoms with Gasteiger partial charge in [0.1, 0.15) is 5.82 Å². The maximum absolute atomic E-state index is 6.09. The first-order valence-electron chi connectivity index (χ1n) is 9.66. The average Bonchev–Trinajstić information content (AvgIpc) is 3.10. The van der Waals surface area contributed by atoms with Crippen molar-refractivity contribution in [2.24, 2.45) is 11.3 Å². The highest BCUT2D eigenvalue weighted by Crippen LogP contribution is 2.34. The molecule has 3 heterocycles. The molecule has 1 fully saturated rings. The van der Waals surface area contributed by atoms with Crippen LogP contribution in [0.3, 0.4) is 0 Å². The molecule has 27 heavy (non-hydrogen) atoms. The van der Waals surface area contributed by atoms with Crippen molar-refractivity contribution < 1.29 is 4.74 Å². The summed E-state index contributed by atoms with van der Waals surface area (Å²) in [6, 6.07) is 13.9. The smallest absolute Gasteiger partial charge is 0.185 e. The molecule has 2 atom stereocenters. The number of nitrogens with one attached hydrogen (secondary N) is 1. The van der Waals surface area contributed by atoms with Crippen LogP contribution in [-0.2, 0) is 4.74 Å². The van der Waals surface area contributed by atoms with Gasteiger partial charge in [0, 0.05) is 24.6 Å². The van der Waals surface area contributed by atoms with Crippen LogP contribution in [0.25, 0.3) is 17.0 Å². The minimum atomic E-state index is 0.138. The standard InChI is InChI=1S/C21H27N5O/c1-21(2,3)19-16(10-7-13-27-19)14-22-17-11-12-18-23-24-20(26(18)25-17)15-8-5-4-6-9-15/h4-6,8-9,11-12,16,19H,7,10,13-14H2,1-3H3,(H,22,25). The van der Waals surface area contributed by atoms with Gasteiger partial charge in [-0.05, 0) is 30.4 Å². The van der Waals surface area contributed by atoms with Gasteiger partial charge in [-0.2, -0.15) is 4.52 Å². The molecule has 3 aromatic rings. The second kappa shape index (κ2) is 7.27. The Morgan fingerprint density at radius 3 is 2.70 bits per heavy atom. The molecule has 2 aromatic heterocycles. The molecule has 0 bridgehead atoms. The Morgan fingerprint density at radius 1 is 1.11 bits per heavy atom. The summed E-state index contributed by atoms with van der Waals surface area (Å²) < 4.78 is 7.89. The molecule has 0 radical (unpaired) electrons. The molecule has 6 heteroatoms. The van der Waals surface area contributed by atoms with Gasteiger partial charge in [-0.25, -0.2) is 0 Å². The Kier molecular flexibility index (Phi) is 4.83. The van der Waals surface area contributed by atoms with E-state index in [0.29, 0.717) is 5.92 Å². The number of benzene rings is 1. The molecule has 0 aliphatic carbocycles. The van der Waals surface area contributed by atoms with Crippen LogP contribution in [0.4, 0.5) is 5.82 Å². The van der Waals surface area contributed by atoms with Gasteiger partial charge in [0.25, 0.3) is 0 Å². The fourth-order valence-electron chi connectivity index (χ4n) is 3.90. The number of hydrogen-bond donors (Lipinski definition) is 1. The van der Waals surface area contributed by atoms with Crippen molar-refractivity contribution in [2.75, 3.05) is 18.5 Å². The first-order chi connectivity index (χ1) is 13.0. The van der Waals surface area contributed by atoms with E-state index >= 15 is 0 Å². The molecule has 1 aliphatic heterocycles. The van der Waals surface area contributed by atoms with E-state index in [0.717, 1.165) is 42.4 Å². The van der Waals surface area contributed by atoms with Gasteiger partial charge < -0.3 is 10.1 Å². The molecule has 1 aliphatic rings. The number of rotatable bonds is 4. The molecular weight excluding hydrogens is 338 g/mol. The zero-order valence-electron chi connectivity index (χ0n) is 16.2. The Bertz CT molecular complexity index is 900. The van der Waals surface area contributed by atoms with E-state index in [1.807, 2.05) is 42.5 Å². The number of anilines is 1. The van der Waals surface area contributed by atoms with Crippen LogP contribution >= 0.6 is 0 Å². The molecular formula is C21H27N5O. The quantitative estimate of drug-likeness (QED) is 0.756. The van der Waals surface area contributed by atoms with Crippen molar-refractivity contribution >= 4 is 11.5 Å². The second-order valence-electron chi connectivity index (χ2n) is 8.32. The number of hydrogen-bond acceptors (Lipinski definition) is 5. The van der Waals surface area contributed by atoms with Crippen LogP contribution in [0.5, 0.6) is 0 Å². The molecule has 1 N–H and O–H groups in total. The molecule has 1 aromatic carbocycles. The Labute approximate surface area is 160 Å². The maximum atomic E-state index is 6.09. The van der Waals surface area contributed by atoms with Crippen LogP contribution in [0.15, 0.2) is 42.5 Å². The number of ether oxygens (including phenoxy) is 1. The lowest BCUT2D eigenvalue weighted by molar-refractivity contribution is -0.0814. The molecule has 4 rings (SSSR count). The highest BCUT2D eigenvalue weighted by molar-refractivity contribution is 5.59. The summed E-state index contributed by atoms with van der Waals surface area (Å²) in [7, 11) is 0. The van der Waals surface area contributed by atoms with Crippen LogP contribution in [0.2, 0.25) is 0 Å². The van der Waals surface area contributed by atoms with Gasteiger partial charge in [0.2, 0.25) is 0 Å². The van der Waals surface area contributed by atoms with Gasteiger partial charge in [-0.3, -0.25) is 0 Å². The van der Waals surface area contributed by atoms with E-state index in [4.69, 9.17) is 9.84 Å². The molecule has 0 spiro atoms. The third-order valence-electron chi connectivity index (χ3n) is 5.14. The fourth-order valence-corrected chi connectivity index (χ4v) is 3.90. The largest absolute Gasteiger partial charge is 0.377 e. The predicted octanol–water partition coefficient (Wildman–Crippen LogP) is 4.04. The molecule has 0 amide bonds. The normalized spacial score (nSPS) is 20.7. The van der Waals surface area contributed by atoms with Gasteiger partial charge in [-0.15, -0.1) is 15.3 Å². The van der Waals surface area contributed by atoms with Crippen LogP contribution in [-0.4, -0.2) is 39.1 Å². The number of fused-ring (bicyclic) bond motifs is 1. The number of aromatic nitrogens is 4. The van der Waals surface area contributed by atoms with Gasteiger partial charge >= 0.3 is 0 Å². The minimum absolute atomic E-state index is 0.138. The van der Waals surface area contributed by atoms with E-state index in [1.165, 1.54) is 6.42 Å². The van der Waals surface area contributed by atoms with Crippen molar-refractivity contribution in [3.05, 3.63) is 42.5 Å². The third-order valence-corrected chi connectivity index (χ3v) is 5.14. The van der Waals surface area contributed by atoms with Crippen molar-refractivity contribution in [3.8, 4) is 11.4 Å². The third kappa shape index (κ3) is 3.81. The summed E-state index contributed by atoms with van der Waals surface area (Å²) in [6.07, 6.45) is 2.56. The summed E-state index contributed by atoms with van der Waals surface area (Å²) >= 11 is 0. The average molecular weight is 365 g/mol. The van der Waals surface area contributed by atoms with Crippen molar-refractivity contribution in [1.82, 2.24) is 19.8 Å². The molecule has 2 unspecified atom stereocenters. The molecule has 6 nitrogen and oxygen atoms in total. The predicted molar refractivity (Wildman–Crippen MR) is 107 cm³/mol. The molecule has 0 saturated carbocycles. The lowest BCUT2D eigenvalue weighted by atomic mass is 9.78. The van der Waals surface area contributed by atoms with E-state index in [1.54, 1.807) is 4.52 Å². The highest BCUT2D eigenvalue weighted by atomic mass is 16.5. The summed E-state index contributed by atoms with van der Waals surface area (Å²) in [5.74, 6) is 2.06. The van der Waals surface area contributed by atoms with Crippen LogP contribution in [0, 0.1) is 11.3 Å². The van der Waals surface area contributed by atoms with Crippen molar-refractivity contribution in [1.29, 1.82) is 0 Å². The van der Waals surface area contributed by atoms with Gasteiger partial charge in [-0.1, -0.05) is 51.1 Å². The van der Waals surface area contributed by atoms with E-state index in [9.17, 15) is 0 Å². The first kappa shape index (κ1) is 17.9. The summed E-state index contributed by atoms with van der Waals surface area (Å²) in [4.78, 5) is 0. The molecule has 142 valence electrons. The summed E-state index contributed by atoms with van der Waals surface area (Å²) in [5, 5.41) is 16.8. The van der Waals surface area contributed by atoms with E-state index < -0.39 is 0 Å². The SMILES string of the molecule is CC(C)(C)C1OCCCC1CNc1ccc2nnc(-c3ccccc3)n2n1. The van der Waals surface area contributed by atoms with Gasteiger partial charge in [0.15, 0.2) is 11.5 Å². The number of nitrogens with zero attached hydrogens (tertiary/aromatic N) is 4. The van der Waals surface area contributed by atoms with Gasteiger partial charge in [0.05, 0.1) is 6.10 Å². The Hall–Kier alpha value is -2.47. The lowest BCUT2D eigenvalue weighted by Gasteiger charge is -2.40. The van der Waals surface area contributed by atoms with Crippen molar-refractivity contribution in [3.63, 3.8) is 0 Å². The summed E-state index contributed by atoms with van der Waals surface area (Å²) in [6.45, 7) is 8.48. The fraction of sp³-hybridized carbons (Fsp3) is 0.476. The minimum Gasteiger partial charge on any atom is -0.377 e. The Morgan fingerprint density at radius 2 is 1.93 bits per heavy atom. The van der Waals surface area contributed by atoms with Crippen LogP contribution in [0.1, 0.15) is 33.6 Å². The lowest BCUT2D eigenvalue weighted by Crippen LogP contribution is -2.42. The van der Waals surface area contributed by atoms with Crippen LogP contribution < -0.4 is 5.32 Å². The monoisotopic (exact) mass is 365 g/mol. The zero-order valence-corrected chi connectivity index (χ0v) is 16.2. The van der Waals surface area contributed by atoms with E-state index in [2.05, 4.69) is 36.3 Å². The molecule has 1 saturated heterocycles.